The summed E-state index contributed by atoms with van der Waals surface area (Å²) in [5.74, 6) is 1.39. The summed E-state index contributed by atoms with van der Waals surface area (Å²) in [6, 6.07) is 12.5. The summed E-state index contributed by atoms with van der Waals surface area (Å²) in [6.07, 6.45) is 0.117. The number of anilines is 1. The van der Waals surface area contributed by atoms with E-state index in [9.17, 15) is 9.59 Å². The molecule has 8 nitrogen and oxygen atoms in total. The van der Waals surface area contributed by atoms with Crippen LogP contribution in [0, 0.1) is 0 Å². The number of methoxy groups -OCH3 is 1. The van der Waals surface area contributed by atoms with Gasteiger partial charge in [-0.2, -0.15) is 0 Å². The second-order valence-electron chi connectivity index (χ2n) is 6.43. The van der Waals surface area contributed by atoms with Gasteiger partial charge in [-0.25, -0.2) is 4.98 Å². The Morgan fingerprint density at radius 2 is 2.00 bits per heavy atom. The number of hydrogen-bond acceptors (Lipinski definition) is 7. The van der Waals surface area contributed by atoms with Crippen LogP contribution < -0.4 is 24.8 Å². The molecule has 2 amide bonds. The maximum absolute atomic E-state index is 12.4. The maximum atomic E-state index is 12.4. The molecule has 0 radical (unpaired) electrons. The third kappa shape index (κ3) is 4.52. The van der Waals surface area contributed by atoms with E-state index in [1.807, 2.05) is 24.3 Å². The van der Waals surface area contributed by atoms with Gasteiger partial charge in [-0.3, -0.25) is 14.9 Å². The average molecular weight is 425 g/mol. The molecule has 0 saturated carbocycles. The van der Waals surface area contributed by atoms with Crippen LogP contribution >= 0.6 is 11.3 Å². The third-order valence-electron chi connectivity index (χ3n) is 4.42. The van der Waals surface area contributed by atoms with Crippen molar-refractivity contribution in [3.63, 3.8) is 0 Å². The van der Waals surface area contributed by atoms with Crippen LogP contribution in [0.5, 0.6) is 17.2 Å². The minimum Gasteiger partial charge on any atom is -0.496 e. The second-order valence-corrected chi connectivity index (χ2v) is 7.29. The van der Waals surface area contributed by atoms with Crippen LogP contribution in [0.1, 0.15) is 21.6 Å². The number of carbonyl (C=O) groups excluding carboxylic acids is 2. The Balaban J connectivity index is 1.31. The van der Waals surface area contributed by atoms with Crippen LogP contribution in [0.25, 0.3) is 0 Å². The van der Waals surface area contributed by atoms with E-state index in [1.54, 1.807) is 30.7 Å². The number of fused-ring (bicyclic) bond motifs is 1. The summed E-state index contributed by atoms with van der Waals surface area (Å²) in [7, 11) is 1.59. The zero-order valence-electron chi connectivity index (χ0n) is 16.1. The number of carbonyl (C=O) groups is 2. The molecule has 0 spiro atoms. The Morgan fingerprint density at radius 1 is 1.17 bits per heavy atom. The van der Waals surface area contributed by atoms with E-state index >= 15 is 0 Å². The SMILES string of the molecule is COc1ccccc1CNC(=O)Cc1csc(NC(=O)c2ccc3c(c2)OCO3)n1. The van der Waals surface area contributed by atoms with Crippen molar-refractivity contribution in [1.29, 1.82) is 0 Å². The molecular weight excluding hydrogens is 406 g/mol. The van der Waals surface area contributed by atoms with Crippen LogP contribution in [-0.4, -0.2) is 30.7 Å². The molecule has 0 saturated heterocycles. The molecule has 2 heterocycles. The van der Waals surface area contributed by atoms with Gasteiger partial charge >= 0.3 is 0 Å². The average Bonchev–Trinajstić information content (AvgIpc) is 3.41. The summed E-state index contributed by atoms with van der Waals surface area (Å²) in [5, 5.41) is 7.76. The number of amides is 2. The van der Waals surface area contributed by atoms with E-state index < -0.39 is 0 Å². The summed E-state index contributed by atoms with van der Waals surface area (Å²) in [4.78, 5) is 29.0. The lowest BCUT2D eigenvalue weighted by Crippen LogP contribution is -2.25. The number of ether oxygens (including phenoxy) is 3. The zero-order valence-corrected chi connectivity index (χ0v) is 17.0. The molecule has 0 unspecified atom stereocenters. The maximum Gasteiger partial charge on any atom is 0.257 e. The van der Waals surface area contributed by atoms with Gasteiger partial charge in [-0.1, -0.05) is 18.2 Å². The molecule has 1 aromatic heterocycles. The third-order valence-corrected chi connectivity index (χ3v) is 5.22. The topological polar surface area (TPSA) is 98.8 Å². The van der Waals surface area contributed by atoms with E-state index in [0.717, 1.165) is 11.3 Å². The Kier molecular flexibility index (Phi) is 5.80. The molecule has 4 rings (SSSR count). The Bertz CT molecular complexity index is 1080. The molecule has 0 fully saturated rings. The van der Waals surface area contributed by atoms with Gasteiger partial charge in [0, 0.05) is 23.1 Å². The number of benzene rings is 2. The monoisotopic (exact) mass is 425 g/mol. The van der Waals surface area contributed by atoms with Gasteiger partial charge in [0.1, 0.15) is 5.75 Å². The first-order valence-electron chi connectivity index (χ1n) is 9.16. The highest BCUT2D eigenvalue weighted by Gasteiger charge is 2.17. The van der Waals surface area contributed by atoms with Crippen LogP contribution in [-0.2, 0) is 17.8 Å². The lowest BCUT2D eigenvalue weighted by Gasteiger charge is -2.09. The predicted octanol–water partition coefficient (Wildman–Crippen LogP) is 2.99. The van der Waals surface area contributed by atoms with E-state index in [1.165, 1.54) is 11.3 Å². The molecule has 0 bridgehead atoms. The molecule has 1 aliphatic rings. The van der Waals surface area contributed by atoms with Gasteiger partial charge in [-0.05, 0) is 24.3 Å². The van der Waals surface area contributed by atoms with Crippen molar-refractivity contribution in [3.8, 4) is 17.2 Å². The number of hydrogen-bond donors (Lipinski definition) is 2. The first-order chi connectivity index (χ1) is 14.6. The van der Waals surface area contributed by atoms with Crippen molar-refractivity contribution in [2.45, 2.75) is 13.0 Å². The number of nitrogens with zero attached hydrogens (tertiary/aromatic N) is 1. The van der Waals surface area contributed by atoms with Gasteiger partial charge in [0.05, 0.1) is 19.2 Å². The number of rotatable bonds is 7. The van der Waals surface area contributed by atoms with Crippen LogP contribution in [0.3, 0.4) is 0 Å². The Morgan fingerprint density at radius 3 is 2.87 bits per heavy atom. The van der Waals surface area contributed by atoms with Crippen molar-refractivity contribution in [3.05, 3.63) is 64.7 Å². The van der Waals surface area contributed by atoms with Gasteiger partial charge in [0.2, 0.25) is 12.7 Å². The summed E-state index contributed by atoms with van der Waals surface area (Å²) in [6.45, 7) is 0.510. The highest BCUT2D eigenvalue weighted by atomic mass is 32.1. The summed E-state index contributed by atoms with van der Waals surface area (Å²) in [5.41, 5.74) is 1.91. The molecular formula is C21H19N3O5S. The predicted molar refractivity (Wildman–Crippen MR) is 111 cm³/mol. The number of aromatic nitrogens is 1. The van der Waals surface area contributed by atoms with Crippen molar-refractivity contribution < 1.29 is 23.8 Å². The minimum absolute atomic E-state index is 0.117. The first kappa shape index (κ1) is 19.7. The smallest absolute Gasteiger partial charge is 0.257 e. The molecule has 154 valence electrons. The molecule has 0 atom stereocenters. The fourth-order valence-electron chi connectivity index (χ4n) is 2.92. The van der Waals surface area contributed by atoms with Gasteiger partial charge < -0.3 is 19.5 Å². The highest BCUT2D eigenvalue weighted by molar-refractivity contribution is 7.14. The normalized spacial score (nSPS) is 11.8. The lowest BCUT2D eigenvalue weighted by molar-refractivity contribution is -0.120. The van der Waals surface area contributed by atoms with Crippen molar-refractivity contribution in [1.82, 2.24) is 10.3 Å². The zero-order chi connectivity index (χ0) is 20.9. The fraction of sp³-hybridized carbons (Fsp3) is 0.190. The number of para-hydroxylation sites is 1. The van der Waals surface area contributed by atoms with Crippen molar-refractivity contribution >= 4 is 28.3 Å². The van der Waals surface area contributed by atoms with Crippen molar-refractivity contribution in [2.24, 2.45) is 0 Å². The Hall–Kier alpha value is -3.59. The number of nitrogens with one attached hydrogen (secondary N) is 2. The highest BCUT2D eigenvalue weighted by Crippen LogP contribution is 2.32. The summed E-state index contributed by atoms with van der Waals surface area (Å²) >= 11 is 1.26. The van der Waals surface area contributed by atoms with Gasteiger partial charge in [0.15, 0.2) is 16.6 Å². The fourth-order valence-corrected chi connectivity index (χ4v) is 3.63. The molecule has 9 heteroatoms. The van der Waals surface area contributed by atoms with E-state index in [2.05, 4.69) is 15.6 Å². The molecule has 2 aromatic carbocycles. The molecule has 0 aliphatic carbocycles. The lowest BCUT2D eigenvalue weighted by atomic mass is 10.2. The largest absolute Gasteiger partial charge is 0.496 e. The second kappa shape index (κ2) is 8.83. The Labute approximate surface area is 176 Å². The van der Waals surface area contributed by atoms with E-state index in [0.29, 0.717) is 34.4 Å². The van der Waals surface area contributed by atoms with Crippen LogP contribution in [0.4, 0.5) is 5.13 Å². The molecule has 3 aromatic rings. The van der Waals surface area contributed by atoms with Gasteiger partial charge in [0.25, 0.3) is 5.91 Å². The minimum atomic E-state index is -0.310. The van der Waals surface area contributed by atoms with Crippen LogP contribution in [0.15, 0.2) is 47.8 Å². The van der Waals surface area contributed by atoms with Crippen LogP contribution in [0.2, 0.25) is 0 Å². The molecule has 2 N–H and O–H groups in total. The van der Waals surface area contributed by atoms with E-state index in [4.69, 9.17) is 14.2 Å². The summed E-state index contributed by atoms with van der Waals surface area (Å²) < 4.78 is 15.8. The first-order valence-corrected chi connectivity index (χ1v) is 10.0. The van der Waals surface area contributed by atoms with Crippen molar-refractivity contribution in [2.75, 3.05) is 19.2 Å². The quantitative estimate of drug-likeness (QED) is 0.604. The van der Waals surface area contributed by atoms with Gasteiger partial charge in [-0.15, -0.1) is 11.3 Å². The standard InChI is InChI=1S/C21H19N3O5S/c1-27-16-5-3-2-4-14(16)10-22-19(25)9-15-11-30-21(23-15)24-20(26)13-6-7-17-18(8-13)29-12-28-17/h2-8,11H,9-10,12H2,1H3,(H,22,25)(H,23,24,26). The molecule has 30 heavy (non-hydrogen) atoms. The van der Waals surface area contributed by atoms with E-state index in [-0.39, 0.29) is 25.0 Å². The molecule has 1 aliphatic heterocycles. The number of thiazole rings is 1.